The van der Waals surface area contributed by atoms with Crippen molar-refractivity contribution in [2.75, 3.05) is 0 Å². The van der Waals surface area contributed by atoms with Crippen molar-refractivity contribution in [3.8, 4) is 5.75 Å². The fraction of sp³-hybridized carbons (Fsp3) is 0.211. The van der Waals surface area contributed by atoms with Gasteiger partial charge in [0.2, 0.25) is 0 Å². The van der Waals surface area contributed by atoms with E-state index in [4.69, 9.17) is 16.3 Å². The maximum absolute atomic E-state index is 12.0. The van der Waals surface area contributed by atoms with Crippen molar-refractivity contribution in [3.05, 3.63) is 70.3 Å². The maximum Gasteiger partial charge on any atom is 0.336 e. The average Bonchev–Trinajstić information content (AvgIpc) is 2.49. The van der Waals surface area contributed by atoms with Crippen LogP contribution in [0.5, 0.6) is 5.75 Å². The Morgan fingerprint density at radius 1 is 1.18 bits per heavy atom. The summed E-state index contributed by atoms with van der Waals surface area (Å²) in [6.07, 6.45) is 3.17. The molecule has 0 heterocycles. The largest absolute Gasteiger partial charge is 0.423 e. The van der Waals surface area contributed by atoms with Gasteiger partial charge in [0, 0.05) is 11.1 Å². The Balaban J connectivity index is 2.18. The van der Waals surface area contributed by atoms with Crippen LogP contribution >= 0.6 is 11.6 Å². The van der Waals surface area contributed by atoms with Gasteiger partial charge in [-0.2, -0.15) is 0 Å². The predicted molar refractivity (Wildman–Crippen MR) is 91.4 cm³/mol. The Morgan fingerprint density at radius 2 is 1.86 bits per heavy atom. The first-order valence-corrected chi connectivity index (χ1v) is 7.60. The second kappa shape index (κ2) is 7.28. The normalized spacial score (nSPS) is 11.1. The van der Waals surface area contributed by atoms with E-state index < -0.39 is 5.97 Å². The summed E-state index contributed by atoms with van der Waals surface area (Å²) >= 11 is 6.15. The molecule has 2 nitrogen and oxygen atoms in total. The van der Waals surface area contributed by atoms with E-state index in [0.29, 0.717) is 10.8 Å². The van der Waals surface area contributed by atoms with E-state index in [1.165, 1.54) is 6.08 Å². The number of carbonyl (C=O) groups excluding carboxylic acids is 1. The molecule has 0 radical (unpaired) electrons. The van der Waals surface area contributed by atoms with Crippen LogP contribution in [-0.4, -0.2) is 5.97 Å². The van der Waals surface area contributed by atoms with Gasteiger partial charge in [0.1, 0.15) is 5.75 Å². The van der Waals surface area contributed by atoms with E-state index in [1.54, 1.807) is 6.08 Å². The lowest BCUT2D eigenvalue weighted by atomic mass is 10.0. The smallest absolute Gasteiger partial charge is 0.336 e. The molecule has 0 spiro atoms. The molecule has 0 saturated carbocycles. The predicted octanol–water partition coefficient (Wildman–Crippen LogP) is 5.39. The molecule has 0 aliphatic heterocycles. The van der Waals surface area contributed by atoms with Gasteiger partial charge in [-0.05, 0) is 47.7 Å². The van der Waals surface area contributed by atoms with Crippen LogP contribution in [0.4, 0.5) is 0 Å². The number of rotatable bonds is 4. The summed E-state index contributed by atoms with van der Waals surface area (Å²) in [4.78, 5) is 12.0. The van der Waals surface area contributed by atoms with Gasteiger partial charge in [-0.15, -0.1) is 0 Å². The van der Waals surface area contributed by atoms with Crippen molar-refractivity contribution in [2.45, 2.75) is 26.7 Å². The summed E-state index contributed by atoms with van der Waals surface area (Å²) < 4.78 is 5.48. The molecule has 0 fully saturated rings. The Bertz CT molecular complexity index is 688. The number of hydrogen-bond donors (Lipinski definition) is 0. The number of carbonyl (C=O) groups is 1. The van der Waals surface area contributed by atoms with Gasteiger partial charge in [0.15, 0.2) is 0 Å². The minimum Gasteiger partial charge on any atom is -0.423 e. The molecule has 0 bridgehead atoms. The van der Waals surface area contributed by atoms with E-state index in [9.17, 15) is 4.79 Å². The van der Waals surface area contributed by atoms with Gasteiger partial charge in [0.05, 0.1) is 0 Å². The molecule has 0 aliphatic rings. The molecule has 0 saturated heterocycles. The summed E-state index contributed by atoms with van der Waals surface area (Å²) in [7, 11) is 0. The third kappa shape index (κ3) is 4.22. The van der Waals surface area contributed by atoms with Crippen LogP contribution in [0, 0.1) is 6.92 Å². The van der Waals surface area contributed by atoms with Gasteiger partial charge in [-0.1, -0.05) is 55.8 Å². The molecule has 2 aromatic carbocycles. The number of benzene rings is 2. The SMILES string of the molecule is Cc1cc(OC(=O)/C=C\c2ccccc2)c(C(C)C)cc1Cl. The van der Waals surface area contributed by atoms with Crippen LogP contribution in [0.3, 0.4) is 0 Å². The molecule has 0 aliphatic carbocycles. The lowest BCUT2D eigenvalue weighted by Crippen LogP contribution is -2.07. The van der Waals surface area contributed by atoms with Gasteiger partial charge >= 0.3 is 5.97 Å². The molecule has 2 rings (SSSR count). The van der Waals surface area contributed by atoms with Crippen molar-refractivity contribution in [3.63, 3.8) is 0 Å². The second-order valence-corrected chi connectivity index (χ2v) is 5.87. The molecule has 22 heavy (non-hydrogen) atoms. The number of esters is 1. The fourth-order valence-corrected chi connectivity index (χ4v) is 2.25. The summed E-state index contributed by atoms with van der Waals surface area (Å²) in [6.45, 7) is 5.97. The van der Waals surface area contributed by atoms with E-state index >= 15 is 0 Å². The molecule has 114 valence electrons. The van der Waals surface area contributed by atoms with Crippen LogP contribution in [0.1, 0.15) is 36.5 Å². The molecule has 0 amide bonds. The first kappa shape index (κ1) is 16.3. The minimum absolute atomic E-state index is 0.221. The van der Waals surface area contributed by atoms with Gasteiger partial charge in [-0.25, -0.2) is 4.79 Å². The van der Waals surface area contributed by atoms with E-state index in [1.807, 2.05) is 63.2 Å². The zero-order chi connectivity index (χ0) is 16.1. The molecule has 0 aromatic heterocycles. The average molecular weight is 315 g/mol. The quantitative estimate of drug-likeness (QED) is 0.429. The lowest BCUT2D eigenvalue weighted by molar-refractivity contribution is -0.128. The summed E-state index contributed by atoms with van der Waals surface area (Å²) in [5, 5.41) is 0.684. The second-order valence-electron chi connectivity index (χ2n) is 5.46. The molecular weight excluding hydrogens is 296 g/mol. The van der Waals surface area contributed by atoms with Gasteiger partial charge < -0.3 is 4.74 Å². The topological polar surface area (TPSA) is 26.3 Å². The molecule has 0 atom stereocenters. The Labute approximate surface area is 136 Å². The molecule has 0 unspecified atom stereocenters. The zero-order valence-electron chi connectivity index (χ0n) is 13.0. The van der Waals surface area contributed by atoms with Crippen LogP contribution in [0.2, 0.25) is 5.02 Å². The van der Waals surface area contributed by atoms with Crippen LogP contribution in [0.15, 0.2) is 48.5 Å². The Morgan fingerprint density at radius 3 is 2.50 bits per heavy atom. The number of ether oxygens (including phenoxy) is 1. The Hall–Kier alpha value is -2.06. The van der Waals surface area contributed by atoms with Crippen LogP contribution in [0.25, 0.3) is 6.08 Å². The Kier molecular flexibility index (Phi) is 5.40. The highest BCUT2D eigenvalue weighted by atomic mass is 35.5. The molecule has 2 aromatic rings. The third-order valence-electron chi connectivity index (χ3n) is 3.34. The van der Waals surface area contributed by atoms with Crippen molar-refractivity contribution < 1.29 is 9.53 Å². The maximum atomic E-state index is 12.0. The van der Waals surface area contributed by atoms with Crippen molar-refractivity contribution in [2.24, 2.45) is 0 Å². The molecular formula is C19H19ClO2. The number of aryl methyl sites for hydroxylation is 1. The molecule has 0 N–H and O–H groups in total. The van der Waals surface area contributed by atoms with Crippen LogP contribution < -0.4 is 4.74 Å². The zero-order valence-corrected chi connectivity index (χ0v) is 13.7. The highest BCUT2D eigenvalue weighted by Crippen LogP contribution is 2.32. The van der Waals surface area contributed by atoms with Crippen LogP contribution in [-0.2, 0) is 4.79 Å². The fourth-order valence-electron chi connectivity index (χ4n) is 2.08. The van der Waals surface area contributed by atoms with Gasteiger partial charge in [0.25, 0.3) is 0 Å². The van der Waals surface area contributed by atoms with E-state index in [0.717, 1.165) is 16.7 Å². The standard InChI is InChI=1S/C19H19ClO2/c1-13(2)16-12-17(20)14(3)11-18(16)22-19(21)10-9-15-7-5-4-6-8-15/h4-13H,1-3H3/b10-9-. The van der Waals surface area contributed by atoms with E-state index in [2.05, 4.69) is 0 Å². The lowest BCUT2D eigenvalue weighted by Gasteiger charge is -2.14. The van der Waals surface area contributed by atoms with Gasteiger partial charge in [-0.3, -0.25) is 0 Å². The number of hydrogen-bond acceptors (Lipinski definition) is 2. The monoisotopic (exact) mass is 314 g/mol. The van der Waals surface area contributed by atoms with Crippen molar-refractivity contribution in [1.29, 1.82) is 0 Å². The first-order chi connectivity index (χ1) is 10.5. The minimum atomic E-state index is -0.396. The van der Waals surface area contributed by atoms with Crippen molar-refractivity contribution >= 4 is 23.6 Å². The number of halogens is 1. The first-order valence-electron chi connectivity index (χ1n) is 7.22. The summed E-state index contributed by atoms with van der Waals surface area (Å²) in [5.74, 6) is 0.395. The van der Waals surface area contributed by atoms with Crippen molar-refractivity contribution in [1.82, 2.24) is 0 Å². The highest BCUT2D eigenvalue weighted by Gasteiger charge is 2.13. The summed E-state index contributed by atoms with van der Waals surface area (Å²) in [6, 6.07) is 13.3. The highest BCUT2D eigenvalue weighted by molar-refractivity contribution is 6.31. The summed E-state index contributed by atoms with van der Waals surface area (Å²) in [5.41, 5.74) is 2.77. The third-order valence-corrected chi connectivity index (χ3v) is 3.74. The molecule has 3 heteroatoms. The van der Waals surface area contributed by atoms with E-state index in [-0.39, 0.29) is 5.92 Å².